The van der Waals surface area contributed by atoms with Gasteiger partial charge in [0, 0.05) is 87.0 Å². The molecule has 0 bridgehead atoms. The van der Waals surface area contributed by atoms with Gasteiger partial charge in [0.15, 0.2) is 0 Å². The molecule has 3 amide bonds. The SMILES string of the molecule is CN(C)C(=O)c1cc2cnc(Nc3ccc(N4CCC5(CC4)CN(c4ccc6c(=O)n(C7CCC(=O)NC7=O)ccc6c4)C5)cn3)nc2n1C1CCCC1. The third-order valence-corrected chi connectivity index (χ3v) is 11.9. The van der Waals surface area contributed by atoms with Gasteiger partial charge in [0.25, 0.3) is 11.5 Å². The van der Waals surface area contributed by atoms with Gasteiger partial charge in [0.05, 0.1) is 11.9 Å². The summed E-state index contributed by atoms with van der Waals surface area (Å²) in [5.74, 6) is 0.365. The fraction of sp³-hybridized carbons (Fsp3) is 0.425. The molecule has 7 heterocycles. The zero-order chi connectivity index (χ0) is 37.1. The van der Waals surface area contributed by atoms with E-state index in [9.17, 15) is 19.2 Å². The highest BCUT2D eigenvalue weighted by Crippen LogP contribution is 2.44. The fourth-order valence-electron chi connectivity index (χ4n) is 8.90. The average Bonchev–Trinajstić information content (AvgIpc) is 3.82. The number of piperidine rings is 2. The zero-order valence-electron chi connectivity index (χ0n) is 30.6. The van der Waals surface area contributed by atoms with Crippen LogP contribution < -0.4 is 26.0 Å². The molecule has 1 unspecified atom stereocenters. The fourth-order valence-corrected chi connectivity index (χ4v) is 8.90. The molecule has 1 aromatic carbocycles. The van der Waals surface area contributed by atoms with Crippen LogP contribution in [0.3, 0.4) is 0 Å². The van der Waals surface area contributed by atoms with Crippen molar-refractivity contribution < 1.29 is 14.4 Å². The van der Waals surface area contributed by atoms with E-state index in [1.54, 1.807) is 31.4 Å². The largest absolute Gasteiger partial charge is 0.370 e. The van der Waals surface area contributed by atoms with E-state index in [0.717, 1.165) is 92.5 Å². The maximum absolute atomic E-state index is 13.3. The first-order valence-corrected chi connectivity index (χ1v) is 19.0. The summed E-state index contributed by atoms with van der Waals surface area (Å²) in [6.07, 6.45) is 12.5. The Morgan fingerprint density at radius 2 is 1.67 bits per heavy atom. The summed E-state index contributed by atoms with van der Waals surface area (Å²) in [6, 6.07) is 13.4. The number of hydrogen-bond donors (Lipinski definition) is 2. The number of carbonyl (C=O) groups is 3. The summed E-state index contributed by atoms with van der Waals surface area (Å²) in [5.41, 5.74) is 3.66. The van der Waals surface area contributed by atoms with Crippen molar-refractivity contribution in [1.82, 2.24) is 34.3 Å². The van der Waals surface area contributed by atoms with Gasteiger partial charge >= 0.3 is 0 Å². The highest BCUT2D eigenvalue weighted by Gasteiger charge is 2.45. The molecular weight excluding hydrogens is 685 g/mol. The Morgan fingerprint density at radius 3 is 2.39 bits per heavy atom. The van der Waals surface area contributed by atoms with Crippen LogP contribution in [0.15, 0.2) is 65.8 Å². The number of imide groups is 1. The van der Waals surface area contributed by atoms with Crippen LogP contribution >= 0.6 is 0 Å². The first kappa shape index (κ1) is 34.0. The van der Waals surface area contributed by atoms with Gasteiger partial charge < -0.3 is 29.2 Å². The molecule has 1 saturated carbocycles. The van der Waals surface area contributed by atoms with Crippen LogP contribution in [0.4, 0.5) is 23.1 Å². The molecule has 9 rings (SSSR count). The van der Waals surface area contributed by atoms with Crippen molar-refractivity contribution in [2.75, 3.05) is 55.4 Å². The molecule has 1 aliphatic carbocycles. The smallest absolute Gasteiger partial charge is 0.270 e. The molecule has 4 aromatic heterocycles. The Morgan fingerprint density at radius 1 is 0.889 bits per heavy atom. The third-order valence-electron chi connectivity index (χ3n) is 11.9. The minimum Gasteiger partial charge on any atom is -0.370 e. The molecule has 0 radical (unpaired) electrons. The lowest BCUT2D eigenvalue weighted by Gasteiger charge is -2.55. The molecule has 1 spiro atoms. The van der Waals surface area contributed by atoms with Crippen LogP contribution in [0.5, 0.6) is 0 Å². The summed E-state index contributed by atoms with van der Waals surface area (Å²) in [5, 5.41) is 7.90. The number of rotatable bonds is 7. The topological polar surface area (TPSA) is 151 Å². The summed E-state index contributed by atoms with van der Waals surface area (Å²) < 4.78 is 3.57. The van der Waals surface area contributed by atoms with Crippen LogP contribution in [0.2, 0.25) is 0 Å². The van der Waals surface area contributed by atoms with Crippen molar-refractivity contribution in [3.05, 3.63) is 77.1 Å². The van der Waals surface area contributed by atoms with Crippen molar-refractivity contribution >= 4 is 62.7 Å². The Kier molecular flexibility index (Phi) is 8.35. The van der Waals surface area contributed by atoms with Crippen LogP contribution in [-0.4, -0.2) is 87.0 Å². The van der Waals surface area contributed by atoms with E-state index < -0.39 is 11.9 Å². The maximum Gasteiger partial charge on any atom is 0.270 e. The molecule has 2 N–H and O–H groups in total. The van der Waals surface area contributed by atoms with Gasteiger partial charge in [-0.05, 0) is 80.0 Å². The lowest BCUT2D eigenvalue weighted by atomic mass is 9.71. The molecule has 3 aliphatic heterocycles. The predicted octanol–water partition coefficient (Wildman–Crippen LogP) is 4.79. The summed E-state index contributed by atoms with van der Waals surface area (Å²) in [7, 11) is 3.56. The van der Waals surface area contributed by atoms with Gasteiger partial charge in [0.1, 0.15) is 23.2 Å². The van der Waals surface area contributed by atoms with Gasteiger partial charge in [-0.15, -0.1) is 0 Å². The number of amides is 3. The number of nitrogens with zero attached hydrogens (tertiary/aromatic N) is 8. The molecular formula is C40H44N10O4. The first-order chi connectivity index (χ1) is 26.1. The van der Waals surface area contributed by atoms with Gasteiger partial charge in [-0.1, -0.05) is 12.8 Å². The summed E-state index contributed by atoms with van der Waals surface area (Å²) >= 11 is 0. The quantitative estimate of drug-likeness (QED) is 0.224. The van der Waals surface area contributed by atoms with Gasteiger partial charge in [-0.3, -0.25) is 24.5 Å². The average molecular weight is 729 g/mol. The number of nitrogens with one attached hydrogen (secondary N) is 2. The van der Waals surface area contributed by atoms with Crippen LogP contribution in [0.1, 0.15) is 73.9 Å². The standard InChI is InChI=1S/C40H44N10O4/c1-46(2)38(54)32-20-26-21-42-39(45-35(26)50(32)27-5-3-4-6-27)43-33-11-8-29(22-41-33)47-17-14-40(15-18-47)23-48(24-40)28-7-9-30-25(19-28)13-16-49(37(30)53)31-10-12-34(51)44-36(31)52/h7-9,11,13,16,19-22,27,31H,3-6,10,12,14-15,17-18,23-24H2,1-2H3,(H,44,51,52)(H,41,42,43,45). The number of fused-ring (bicyclic) bond motifs is 2. The van der Waals surface area contributed by atoms with E-state index >= 15 is 0 Å². The maximum atomic E-state index is 13.3. The van der Waals surface area contributed by atoms with Crippen LogP contribution in [0.25, 0.3) is 21.8 Å². The number of pyridine rings is 2. The number of anilines is 4. The van der Waals surface area contributed by atoms with Crippen LogP contribution in [-0.2, 0) is 9.59 Å². The second-order valence-corrected chi connectivity index (χ2v) is 15.6. The molecule has 1 atom stereocenters. The van der Waals surface area contributed by atoms with Gasteiger partial charge in [-0.2, -0.15) is 4.98 Å². The van der Waals surface area contributed by atoms with Crippen molar-refractivity contribution in [2.45, 2.75) is 63.5 Å². The normalized spacial score (nSPS) is 20.1. The number of hydrogen-bond acceptors (Lipinski definition) is 10. The zero-order valence-corrected chi connectivity index (χ0v) is 30.6. The second-order valence-electron chi connectivity index (χ2n) is 15.6. The van der Waals surface area contributed by atoms with E-state index in [0.29, 0.717) is 29.3 Å². The molecule has 14 nitrogen and oxygen atoms in total. The number of aromatic nitrogens is 5. The number of carbonyl (C=O) groups excluding carboxylic acids is 3. The van der Waals surface area contributed by atoms with Crippen molar-refractivity contribution in [2.24, 2.45) is 5.41 Å². The monoisotopic (exact) mass is 728 g/mol. The molecule has 4 fully saturated rings. The van der Waals surface area contributed by atoms with Crippen molar-refractivity contribution in [3.8, 4) is 0 Å². The van der Waals surface area contributed by atoms with E-state index in [1.165, 1.54) is 4.57 Å². The second kappa shape index (κ2) is 13.3. The predicted molar refractivity (Wildman–Crippen MR) is 206 cm³/mol. The van der Waals surface area contributed by atoms with E-state index in [1.807, 2.05) is 36.5 Å². The lowest BCUT2D eigenvalue weighted by Crippen LogP contribution is -2.60. The first-order valence-electron chi connectivity index (χ1n) is 19.0. The molecule has 278 valence electrons. The molecule has 3 saturated heterocycles. The molecule has 5 aromatic rings. The minimum absolute atomic E-state index is 0.0290. The highest BCUT2D eigenvalue weighted by atomic mass is 16.2. The highest BCUT2D eigenvalue weighted by molar-refractivity contribution is 6.00. The third kappa shape index (κ3) is 6.02. The molecule has 4 aliphatic rings. The van der Waals surface area contributed by atoms with Crippen LogP contribution in [0, 0.1) is 5.41 Å². The van der Waals surface area contributed by atoms with E-state index in [4.69, 9.17) is 9.97 Å². The Hall–Kier alpha value is -5.79. The van der Waals surface area contributed by atoms with E-state index in [-0.39, 0.29) is 35.3 Å². The molecule has 54 heavy (non-hydrogen) atoms. The van der Waals surface area contributed by atoms with Crippen molar-refractivity contribution in [1.29, 1.82) is 0 Å². The van der Waals surface area contributed by atoms with Crippen molar-refractivity contribution in [3.63, 3.8) is 0 Å². The lowest BCUT2D eigenvalue weighted by molar-refractivity contribution is -0.135. The Bertz CT molecular complexity index is 2340. The minimum atomic E-state index is -0.669. The molecule has 14 heteroatoms. The number of benzene rings is 1. The van der Waals surface area contributed by atoms with E-state index in [2.05, 4.69) is 42.1 Å². The Labute approximate surface area is 312 Å². The summed E-state index contributed by atoms with van der Waals surface area (Å²) in [4.78, 5) is 70.9. The van der Waals surface area contributed by atoms with Gasteiger partial charge in [0.2, 0.25) is 17.8 Å². The Balaban J connectivity index is 0.825. The van der Waals surface area contributed by atoms with Gasteiger partial charge in [-0.25, -0.2) is 9.97 Å². The summed E-state index contributed by atoms with van der Waals surface area (Å²) in [6.45, 7) is 3.85.